The zero-order chi connectivity index (χ0) is 17.4. The topological polar surface area (TPSA) is 142 Å². The van der Waals surface area contributed by atoms with E-state index < -0.39 is 24.0 Å². The summed E-state index contributed by atoms with van der Waals surface area (Å²) in [5.41, 5.74) is 1.63. The maximum atomic E-state index is 11.6. The van der Waals surface area contributed by atoms with Crippen molar-refractivity contribution in [1.82, 2.24) is 10.8 Å². The van der Waals surface area contributed by atoms with Gasteiger partial charge in [-0.1, -0.05) is 15.3 Å². The van der Waals surface area contributed by atoms with Crippen LogP contribution in [-0.4, -0.2) is 39.7 Å². The molecule has 0 saturated carbocycles. The molecule has 9 nitrogen and oxygen atoms in total. The van der Waals surface area contributed by atoms with Gasteiger partial charge in [-0.15, -0.1) is 0 Å². The van der Waals surface area contributed by atoms with E-state index in [1.165, 1.54) is 24.3 Å². The number of carbonyl (C=O) groups excluding carboxylic acids is 2. The summed E-state index contributed by atoms with van der Waals surface area (Å²) in [7, 11) is 1.92. The predicted octanol–water partition coefficient (Wildman–Crippen LogP) is 0.613. The van der Waals surface area contributed by atoms with Gasteiger partial charge in [0.05, 0.1) is 5.56 Å². The van der Waals surface area contributed by atoms with Gasteiger partial charge >= 0.3 is 18.0 Å². The number of carboxylic acid groups (broad SMARTS) is 2. The van der Waals surface area contributed by atoms with Crippen molar-refractivity contribution in [2.45, 2.75) is 18.9 Å². The highest BCUT2D eigenvalue weighted by atomic mass is 31.0. The van der Waals surface area contributed by atoms with Crippen molar-refractivity contribution < 1.29 is 34.2 Å². The Labute approximate surface area is 133 Å². The lowest BCUT2D eigenvalue weighted by Gasteiger charge is -2.14. The van der Waals surface area contributed by atoms with Crippen molar-refractivity contribution in [2.75, 3.05) is 0 Å². The van der Waals surface area contributed by atoms with Crippen LogP contribution in [-0.2, 0) is 9.59 Å². The average Bonchev–Trinajstić information content (AvgIpc) is 2.49. The van der Waals surface area contributed by atoms with Gasteiger partial charge in [-0.3, -0.25) is 4.79 Å². The maximum absolute atomic E-state index is 11.6. The first kappa shape index (κ1) is 18.4. The van der Waals surface area contributed by atoms with E-state index in [0.29, 0.717) is 0 Å². The minimum atomic E-state index is -1.29. The first-order valence-corrected chi connectivity index (χ1v) is 6.95. The molecule has 2 unspecified atom stereocenters. The SMILES string of the molecule is O=C(P)CCC(NC(=O)NOc1cccc(C(=O)O)c1)C(=O)O. The molecule has 124 valence electrons. The Balaban J connectivity index is 2.55. The first-order valence-electron chi connectivity index (χ1n) is 6.37. The van der Waals surface area contributed by atoms with Gasteiger partial charge < -0.3 is 20.4 Å². The summed E-state index contributed by atoms with van der Waals surface area (Å²) >= 11 is 0. The van der Waals surface area contributed by atoms with Crippen LogP contribution in [0.5, 0.6) is 5.75 Å². The standard InChI is InChI=1S/C13H15N2O7P/c16-10(23)5-4-9(12(19)20)14-13(21)15-22-8-3-1-2-7(6-8)11(17)18/h1-3,6,9H,4-5,23H2,(H,17,18)(H,19,20)(H2,14,15,21). The molecular formula is C13H15N2O7P. The fourth-order valence-electron chi connectivity index (χ4n) is 1.53. The highest BCUT2D eigenvalue weighted by molar-refractivity contribution is 7.40. The molecule has 1 rings (SSSR count). The normalized spacial score (nSPS) is 11.2. The second-order valence-corrected chi connectivity index (χ2v) is 5.05. The van der Waals surface area contributed by atoms with E-state index in [1.807, 2.05) is 14.7 Å². The summed E-state index contributed by atoms with van der Waals surface area (Å²) in [6.45, 7) is 0. The molecule has 0 spiro atoms. The summed E-state index contributed by atoms with van der Waals surface area (Å²) in [4.78, 5) is 49.0. The molecule has 0 aliphatic rings. The summed E-state index contributed by atoms with van der Waals surface area (Å²) in [6.07, 6.45) is -0.0942. The number of hydrogen-bond acceptors (Lipinski definition) is 5. The maximum Gasteiger partial charge on any atom is 0.348 e. The molecule has 10 heteroatoms. The number of rotatable bonds is 8. The molecule has 1 aromatic rings. The van der Waals surface area contributed by atoms with Crippen molar-refractivity contribution >= 4 is 32.7 Å². The molecule has 2 atom stereocenters. The Morgan fingerprint density at radius 1 is 1.22 bits per heavy atom. The zero-order valence-corrected chi connectivity index (χ0v) is 13.0. The van der Waals surface area contributed by atoms with Gasteiger partial charge in [0.2, 0.25) is 0 Å². The zero-order valence-electron chi connectivity index (χ0n) is 11.8. The Morgan fingerprint density at radius 2 is 1.91 bits per heavy atom. The van der Waals surface area contributed by atoms with Crippen molar-refractivity contribution in [3.8, 4) is 5.75 Å². The molecule has 2 amide bonds. The summed E-state index contributed by atoms with van der Waals surface area (Å²) in [5.74, 6) is -2.39. The number of carboxylic acids is 2. The smallest absolute Gasteiger partial charge is 0.348 e. The lowest BCUT2D eigenvalue weighted by atomic mass is 10.2. The molecule has 0 heterocycles. The lowest BCUT2D eigenvalue weighted by Crippen LogP contribution is -2.47. The van der Waals surface area contributed by atoms with Crippen LogP contribution in [0.4, 0.5) is 4.79 Å². The fourth-order valence-corrected chi connectivity index (χ4v) is 1.70. The quantitative estimate of drug-likeness (QED) is 0.400. The van der Waals surface area contributed by atoms with Crippen LogP contribution in [0.2, 0.25) is 0 Å². The van der Waals surface area contributed by atoms with E-state index in [0.717, 1.165) is 0 Å². The highest BCUT2D eigenvalue weighted by Crippen LogP contribution is 2.12. The number of benzene rings is 1. The molecule has 0 bridgehead atoms. The number of nitrogens with one attached hydrogen (secondary N) is 2. The second kappa shape index (κ2) is 8.70. The number of hydroxylamine groups is 1. The molecule has 1 aromatic carbocycles. The number of carbonyl (C=O) groups is 4. The summed E-state index contributed by atoms with van der Waals surface area (Å²) in [6, 6.07) is 3.17. The lowest BCUT2D eigenvalue weighted by molar-refractivity contribution is -0.139. The fraction of sp³-hybridized carbons (Fsp3) is 0.231. The van der Waals surface area contributed by atoms with Gasteiger partial charge in [0, 0.05) is 6.42 Å². The molecule has 23 heavy (non-hydrogen) atoms. The van der Waals surface area contributed by atoms with E-state index in [2.05, 4.69) is 5.32 Å². The van der Waals surface area contributed by atoms with Gasteiger partial charge in [-0.2, -0.15) is 5.48 Å². The number of aromatic carboxylic acids is 1. The molecule has 0 saturated heterocycles. The second-order valence-electron chi connectivity index (χ2n) is 4.41. The Morgan fingerprint density at radius 3 is 2.48 bits per heavy atom. The van der Waals surface area contributed by atoms with Gasteiger partial charge in [0.25, 0.3) is 0 Å². The van der Waals surface area contributed by atoms with E-state index >= 15 is 0 Å². The Bertz CT molecular complexity index is 620. The number of aliphatic carboxylic acids is 1. The average molecular weight is 342 g/mol. The molecule has 0 fully saturated rings. The van der Waals surface area contributed by atoms with Crippen molar-refractivity contribution in [3.63, 3.8) is 0 Å². The van der Waals surface area contributed by atoms with Crippen LogP contribution in [0.3, 0.4) is 0 Å². The van der Waals surface area contributed by atoms with Crippen molar-refractivity contribution in [1.29, 1.82) is 0 Å². The minimum absolute atomic E-state index is 0.0244. The van der Waals surface area contributed by atoms with Crippen LogP contribution < -0.4 is 15.6 Å². The molecule has 0 aromatic heterocycles. The predicted molar refractivity (Wildman–Crippen MR) is 81.1 cm³/mol. The molecule has 0 aliphatic carbocycles. The van der Waals surface area contributed by atoms with Crippen LogP contribution >= 0.6 is 9.24 Å². The molecular weight excluding hydrogens is 327 g/mol. The summed E-state index contributed by atoms with van der Waals surface area (Å²) < 4.78 is 0. The van der Waals surface area contributed by atoms with E-state index in [-0.39, 0.29) is 29.7 Å². The van der Waals surface area contributed by atoms with Crippen LogP contribution in [0.15, 0.2) is 24.3 Å². The largest absolute Gasteiger partial charge is 0.480 e. The van der Waals surface area contributed by atoms with Gasteiger partial charge in [0.15, 0.2) is 5.75 Å². The first-order chi connectivity index (χ1) is 10.8. The Kier molecular flexibility index (Phi) is 6.95. The number of amides is 2. The number of hydrogen-bond donors (Lipinski definition) is 4. The number of urea groups is 1. The summed E-state index contributed by atoms with van der Waals surface area (Å²) in [5, 5.41) is 19.9. The monoisotopic (exact) mass is 342 g/mol. The highest BCUT2D eigenvalue weighted by Gasteiger charge is 2.20. The van der Waals surface area contributed by atoms with Gasteiger partial charge in [-0.05, 0) is 24.6 Å². The molecule has 0 radical (unpaired) electrons. The Hall–Kier alpha value is -2.67. The molecule has 4 N–H and O–H groups in total. The third kappa shape index (κ3) is 6.75. The van der Waals surface area contributed by atoms with E-state index in [1.54, 1.807) is 0 Å². The third-order valence-electron chi connectivity index (χ3n) is 2.63. The van der Waals surface area contributed by atoms with Crippen molar-refractivity contribution in [2.24, 2.45) is 0 Å². The van der Waals surface area contributed by atoms with Crippen LogP contribution in [0, 0.1) is 0 Å². The molecule has 0 aliphatic heterocycles. The minimum Gasteiger partial charge on any atom is -0.480 e. The van der Waals surface area contributed by atoms with Crippen LogP contribution in [0.1, 0.15) is 23.2 Å². The van der Waals surface area contributed by atoms with Gasteiger partial charge in [-0.25, -0.2) is 14.4 Å². The van der Waals surface area contributed by atoms with Gasteiger partial charge in [0.1, 0.15) is 11.6 Å². The third-order valence-corrected chi connectivity index (χ3v) is 2.91. The van der Waals surface area contributed by atoms with Crippen LogP contribution in [0.25, 0.3) is 0 Å². The van der Waals surface area contributed by atoms with E-state index in [4.69, 9.17) is 15.1 Å². The van der Waals surface area contributed by atoms with E-state index in [9.17, 15) is 19.2 Å². The van der Waals surface area contributed by atoms with Crippen molar-refractivity contribution in [3.05, 3.63) is 29.8 Å².